The third-order valence-corrected chi connectivity index (χ3v) is 3.42. The van der Waals surface area contributed by atoms with E-state index in [1.165, 1.54) is 0 Å². The lowest BCUT2D eigenvalue weighted by atomic mass is 10.2. The van der Waals surface area contributed by atoms with Gasteiger partial charge in [0.05, 0.1) is 36.1 Å². The van der Waals surface area contributed by atoms with Crippen molar-refractivity contribution in [3.8, 4) is 0 Å². The third-order valence-electron chi connectivity index (χ3n) is 2.48. The van der Waals surface area contributed by atoms with Crippen LogP contribution in [0.3, 0.4) is 0 Å². The normalized spacial score (nSPS) is 10.3. The Morgan fingerprint density at radius 2 is 2.28 bits per heavy atom. The van der Waals surface area contributed by atoms with E-state index in [1.807, 2.05) is 6.92 Å². The largest absolute Gasteiger partial charge is 0.397 e. The summed E-state index contributed by atoms with van der Waals surface area (Å²) in [5, 5.41) is 2.85. The quantitative estimate of drug-likeness (QED) is 0.870. The highest BCUT2D eigenvalue weighted by Crippen LogP contribution is 2.11. The van der Waals surface area contributed by atoms with E-state index in [1.54, 1.807) is 35.2 Å². The lowest BCUT2D eigenvalue weighted by Crippen LogP contribution is -2.24. The first kappa shape index (κ1) is 12.5. The van der Waals surface area contributed by atoms with Gasteiger partial charge in [0.15, 0.2) is 0 Å². The zero-order valence-electron chi connectivity index (χ0n) is 10.0. The second kappa shape index (κ2) is 5.59. The van der Waals surface area contributed by atoms with Crippen LogP contribution in [0.2, 0.25) is 0 Å². The first-order valence-electron chi connectivity index (χ1n) is 5.51. The fourth-order valence-electron chi connectivity index (χ4n) is 1.44. The Morgan fingerprint density at radius 1 is 1.44 bits per heavy atom. The van der Waals surface area contributed by atoms with E-state index in [-0.39, 0.29) is 12.3 Å². The van der Waals surface area contributed by atoms with Gasteiger partial charge in [-0.25, -0.2) is 4.98 Å². The molecule has 0 radical (unpaired) electrons. The molecule has 2 aromatic rings. The first-order valence-corrected chi connectivity index (χ1v) is 6.39. The number of aryl methyl sites for hydroxylation is 1. The van der Waals surface area contributed by atoms with E-state index in [9.17, 15) is 4.79 Å². The van der Waals surface area contributed by atoms with Crippen molar-refractivity contribution in [2.45, 2.75) is 19.9 Å². The van der Waals surface area contributed by atoms with E-state index in [4.69, 9.17) is 5.73 Å². The molecule has 0 saturated carbocycles. The standard InChI is InChI=1S/C12H14N4OS/c1-8-11(18-7-16-8)6-15-12(17)4-10-3-2-9(13)5-14-10/h2-3,5,7H,4,6,13H2,1H3,(H,15,17). The second-order valence-corrected chi connectivity index (χ2v) is 4.84. The second-order valence-electron chi connectivity index (χ2n) is 3.90. The zero-order valence-corrected chi connectivity index (χ0v) is 10.8. The number of nitrogens with zero attached hydrogens (tertiary/aromatic N) is 2. The monoisotopic (exact) mass is 262 g/mol. The molecule has 0 aliphatic rings. The van der Waals surface area contributed by atoms with Crippen LogP contribution in [0.15, 0.2) is 23.8 Å². The number of aromatic nitrogens is 2. The Hall–Kier alpha value is -1.95. The van der Waals surface area contributed by atoms with Crippen LogP contribution in [0.1, 0.15) is 16.3 Å². The van der Waals surface area contributed by atoms with Crippen molar-refractivity contribution in [1.82, 2.24) is 15.3 Å². The number of anilines is 1. The van der Waals surface area contributed by atoms with E-state index < -0.39 is 0 Å². The van der Waals surface area contributed by atoms with E-state index in [0.717, 1.165) is 10.6 Å². The highest BCUT2D eigenvalue weighted by Gasteiger charge is 2.06. The highest BCUT2D eigenvalue weighted by atomic mass is 32.1. The molecule has 5 nitrogen and oxygen atoms in total. The minimum atomic E-state index is -0.0555. The number of carbonyl (C=O) groups excluding carboxylic acids is 1. The summed E-state index contributed by atoms with van der Waals surface area (Å²) in [5.74, 6) is -0.0555. The number of nitrogen functional groups attached to an aromatic ring is 1. The van der Waals surface area contributed by atoms with Crippen LogP contribution < -0.4 is 11.1 Å². The summed E-state index contributed by atoms with van der Waals surface area (Å²) in [4.78, 5) is 21.0. The Labute approximate surface area is 109 Å². The van der Waals surface area contributed by atoms with Crippen molar-refractivity contribution in [2.24, 2.45) is 0 Å². The molecule has 0 atom stereocenters. The van der Waals surface area contributed by atoms with Gasteiger partial charge in [0.25, 0.3) is 0 Å². The van der Waals surface area contributed by atoms with Crippen LogP contribution in [0.5, 0.6) is 0 Å². The number of nitrogens with one attached hydrogen (secondary N) is 1. The van der Waals surface area contributed by atoms with Gasteiger partial charge >= 0.3 is 0 Å². The molecule has 0 aliphatic heterocycles. The molecule has 18 heavy (non-hydrogen) atoms. The first-order chi connectivity index (χ1) is 8.65. The molecule has 0 bridgehead atoms. The number of hydrogen-bond acceptors (Lipinski definition) is 5. The maximum atomic E-state index is 11.7. The van der Waals surface area contributed by atoms with Crippen molar-refractivity contribution in [3.05, 3.63) is 40.1 Å². The minimum Gasteiger partial charge on any atom is -0.397 e. The van der Waals surface area contributed by atoms with Crippen molar-refractivity contribution in [3.63, 3.8) is 0 Å². The summed E-state index contributed by atoms with van der Waals surface area (Å²) in [5.41, 5.74) is 9.58. The highest BCUT2D eigenvalue weighted by molar-refractivity contribution is 7.09. The summed E-state index contributed by atoms with van der Waals surface area (Å²) in [6, 6.07) is 3.50. The fraction of sp³-hybridized carbons (Fsp3) is 0.250. The SMILES string of the molecule is Cc1ncsc1CNC(=O)Cc1ccc(N)cn1. The lowest BCUT2D eigenvalue weighted by Gasteiger charge is -2.04. The van der Waals surface area contributed by atoms with Gasteiger partial charge < -0.3 is 11.1 Å². The topological polar surface area (TPSA) is 80.9 Å². The minimum absolute atomic E-state index is 0.0555. The summed E-state index contributed by atoms with van der Waals surface area (Å²) in [6.07, 6.45) is 1.81. The van der Waals surface area contributed by atoms with Crippen LogP contribution >= 0.6 is 11.3 Å². The van der Waals surface area contributed by atoms with Gasteiger partial charge in [-0.2, -0.15) is 0 Å². The molecule has 3 N–H and O–H groups in total. The van der Waals surface area contributed by atoms with Crippen LogP contribution in [0, 0.1) is 6.92 Å². The van der Waals surface area contributed by atoms with Gasteiger partial charge in [-0.1, -0.05) is 0 Å². The van der Waals surface area contributed by atoms with Gasteiger partial charge in [0, 0.05) is 10.6 Å². The van der Waals surface area contributed by atoms with Crippen LogP contribution in [0.25, 0.3) is 0 Å². The molecule has 0 aliphatic carbocycles. The molecule has 2 heterocycles. The predicted molar refractivity (Wildman–Crippen MR) is 71.1 cm³/mol. The molecule has 2 aromatic heterocycles. The number of nitrogens with two attached hydrogens (primary N) is 1. The Balaban J connectivity index is 1.86. The molecule has 94 valence electrons. The van der Waals surface area contributed by atoms with E-state index in [0.29, 0.717) is 17.9 Å². The number of rotatable bonds is 4. The average molecular weight is 262 g/mol. The van der Waals surface area contributed by atoms with E-state index in [2.05, 4.69) is 15.3 Å². The number of pyridine rings is 1. The smallest absolute Gasteiger partial charge is 0.226 e. The van der Waals surface area contributed by atoms with Gasteiger partial charge in [-0.3, -0.25) is 9.78 Å². The van der Waals surface area contributed by atoms with E-state index >= 15 is 0 Å². The maximum Gasteiger partial charge on any atom is 0.226 e. The molecule has 1 amide bonds. The Kier molecular flexibility index (Phi) is 3.88. The fourth-order valence-corrected chi connectivity index (χ4v) is 2.16. The number of carbonyl (C=O) groups is 1. The number of hydrogen-bond donors (Lipinski definition) is 2. The lowest BCUT2D eigenvalue weighted by molar-refractivity contribution is -0.120. The Bertz CT molecular complexity index is 535. The molecule has 0 spiro atoms. The molecule has 0 unspecified atom stereocenters. The van der Waals surface area contributed by atoms with Crippen LogP contribution in [0.4, 0.5) is 5.69 Å². The van der Waals surface area contributed by atoms with Crippen molar-refractivity contribution < 1.29 is 4.79 Å². The summed E-state index contributed by atoms with van der Waals surface area (Å²) in [7, 11) is 0. The third kappa shape index (κ3) is 3.27. The Morgan fingerprint density at radius 3 is 2.89 bits per heavy atom. The molecule has 6 heteroatoms. The molecule has 0 saturated heterocycles. The van der Waals surface area contributed by atoms with Crippen LogP contribution in [-0.4, -0.2) is 15.9 Å². The van der Waals surface area contributed by atoms with Gasteiger partial charge in [0.2, 0.25) is 5.91 Å². The molecule has 0 fully saturated rings. The summed E-state index contributed by atoms with van der Waals surface area (Å²) >= 11 is 1.54. The van der Waals surface area contributed by atoms with Gasteiger partial charge in [0.1, 0.15) is 0 Å². The van der Waals surface area contributed by atoms with Crippen molar-refractivity contribution >= 4 is 22.9 Å². The molecule has 0 aromatic carbocycles. The zero-order chi connectivity index (χ0) is 13.0. The summed E-state index contributed by atoms with van der Waals surface area (Å²) in [6.45, 7) is 2.45. The number of thiazole rings is 1. The summed E-state index contributed by atoms with van der Waals surface area (Å²) < 4.78 is 0. The average Bonchev–Trinajstić information content (AvgIpc) is 2.75. The van der Waals surface area contributed by atoms with Crippen molar-refractivity contribution in [2.75, 3.05) is 5.73 Å². The van der Waals surface area contributed by atoms with Gasteiger partial charge in [-0.05, 0) is 19.1 Å². The predicted octanol–water partition coefficient (Wildman–Crippen LogP) is 1.29. The van der Waals surface area contributed by atoms with Crippen LogP contribution in [-0.2, 0) is 17.8 Å². The number of amides is 1. The molecule has 2 rings (SSSR count). The van der Waals surface area contributed by atoms with Crippen molar-refractivity contribution in [1.29, 1.82) is 0 Å². The molecular formula is C12H14N4OS. The molecular weight excluding hydrogens is 248 g/mol. The van der Waals surface area contributed by atoms with Gasteiger partial charge in [-0.15, -0.1) is 11.3 Å². The maximum absolute atomic E-state index is 11.7.